The zero-order valence-electron chi connectivity index (χ0n) is 20.5. The van der Waals surface area contributed by atoms with Crippen molar-refractivity contribution in [3.8, 4) is 17.1 Å². The molecule has 0 amide bonds. The number of aromatic nitrogens is 2. The Morgan fingerprint density at radius 3 is 2.37 bits per heavy atom. The van der Waals surface area contributed by atoms with Gasteiger partial charge in [0.25, 0.3) is 0 Å². The van der Waals surface area contributed by atoms with E-state index >= 15 is 0 Å². The van der Waals surface area contributed by atoms with E-state index in [1.807, 2.05) is 42.5 Å². The van der Waals surface area contributed by atoms with Crippen LogP contribution in [-0.2, 0) is 11.3 Å². The van der Waals surface area contributed by atoms with E-state index in [0.29, 0.717) is 5.75 Å². The van der Waals surface area contributed by atoms with Gasteiger partial charge in [0.1, 0.15) is 11.6 Å². The van der Waals surface area contributed by atoms with Crippen LogP contribution in [0.3, 0.4) is 0 Å². The van der Waals surface area contributed by atoms with Crippen LogP contribution in [0.2, 0.25) is 0 Å². The summed E-state index contributed by atoms with van der Waals surface area (Å²) in [4.78, 5) is 17.7. The molecule has 5 rings (SSSR count). The van der Waals surface area contributed by atoms with Crippen molar-refractivity contribution in [1.29, 1.82) is 0 Å². The highest BCUT2D eigenvalue weighted by Crippen LogP contribution is 2.33. The fourth-order valence-corrected chi connectivity index (χ4v) is 5.27. The molecule has 0 bridgehead atoms. The lowest BCUT2D eigenvalue weighted by Crippen LogP contribution is -2.25. The summed E-state index contributed by atoms with van der Waals surface area (Å²) in [5, 5.41) is 0. The van der Waals surface area contributed by atoms with Crippen molar-refractivity contribution in [2.24, 2.45) is 11.8 Å². The number of ether oxygens (including phenoxy) is 1. The molecule has 0 radical (unpaired) electrons. The number of hydrogen-bond donors (Lipinski definition) is 0. The van der Waals surface area contributed by atoms with Gasteiger partial charge in [-0.05, 0) is 73.6 Å². The normalized spacial score (nSPS) is 18.0. The fourth-order valence-electron chi connectivity index (χ4n) is 5.27. The van der Waals surface area contributed by atoms with Gasteiger partial charge in [0.2, 0.25) is 0 Å². The SMILES string of the molecule is CCCCC1CCC(C(=O)Oc2ccc(-c3nc4ccccc4n3Cc3ccccc3)cc2)CC1. The molecule has 0 unspecified atom stereocenters. The summed E-state index contributed by atoms with van der Waals surface area (Å²) >= 11 is 0. The number of nitrogens with zero attached hydrogens (tertiary/aromatic N) is 2. The van der Waals surface area contributed by atoms with E-state index in [4.69, 9.17) is 9.72 Å². The van der Waals surface area contributed by atoms with Crippen molar-refractivity contribution >= 4 is 17.0 Å². The van der Waals surface area contributed by atoms with Gasteiger partial charge in [-0.3, -0.25) is 4.79 Å². The van der Waals surface area contributed by atoms with Crippen LogP contribution >= 0.6 is 0 Å². The molecule has 3 aromatic carbocycles. The number of hydrogen-bond acceptors (Lipinski definition) is 3. The second-order valence-corrected chi connectivity index (χ2v) is 9.80. The minimum atomic E-state index is -0.0805. The standard InChI is InChI=1S/C31H34N2O2/c1-2-3-9-23-14-16-26(17-15-23)31(34)35-27-20-18-25(19-21-27)30-32-28-12-7-8-13-29(28)33(30)22-24-10-5-4-6-11-24/h4-8,10-13,18-21,23,26H,2-3,9,14-17,22H2,1H3. The largest absolute Gasteiger partial charge is 0.426 e. The van der Waals surface area contributed by atoms with Crippen molar-refractivity contribution in [3.63, 3.8) is 0 Å². The molecule has 0 N–H and O–H groups in total. The highest BCUT2D eigenvalue weighted by molar-refractivity contribution is 5.81. The number of fused-ring (bicyclic) bond motifs is 1. The summed E-state index contributed by atoms with van der Waals surface area (Å²) in [5.74, 6) is 2.26. The third-order valence-corrected chi connectivity index (χ3v) is 7.32. The Balaban J connectivity index is 1.30. The minimum Gasteiger partial charge on any atom is -0.426 e. The topological polar surface area (TPSA) is 44.1 Å². The molecule has 35 heavy (non-hydrogen) atoms. The van der Waals surface area contributed by atoms with Crippen LogP contribution in [0.25, 0.3) is 22.4 Å². The van der Waals surface area contributed by atoms with Crippen molar-refractivity contribution in [2.75, 3.05) is 0 Å². The highest BCUT2D eigenvalue weighted by atomic mass is 16.5. The second kappa shape index (κ2) is 10.9. The lowest BCUT2D eigenvalue weighted by molar-refractivity contribution is -0.140. The predicted molar refractivity (Wildman–Crippen MR) is 141 cm³/mol. The van der Waals surface area contributed by atoms with E-state index in [1.54, 1.807) is 0 Å². The van der Waals surface area contributed by atoms with E-state index in [9.17, 15) is 4.79 Å². The Morgan fingerprint density at radius 1 is 0.914 bits per heavy atom. The van der Waals surface area contributed by atoms with E-state index in [0.717, 1.165) is 60.6 Å². The average Bonchev–Trinajstić information content (AvgIpc) is 3.27. The van der Waals surface area contributed by atoms with Gasteiger partial charge in [0, 0.05) is 12.1 Å². The molecule has 1 aliphatic carbocycles. The number of benzene rings is 3. The van der Waals surface area contributed by atoms with Gasteiger partial charge >= 0.3 is 5.97 Å². The molecule has 0 spiro atoms. The van der Waals surface area contributed by atoms with Gasteiger partial charge in [-0.1, -0.05) is 68.7 Å². The molecule has 1 aliphatic rings. The predicted octanol–water partition coefficient (Wildman–Crippen LogP) is 7.65. The van der Waals surface area contributed by atoms with Crippen molar-refractivity contribution in [1.82, 2.24) is 9.55 Å². The number of unbranched alkanes of at least 4 members (excludes halogenated alkanes) is 1. The first kappa shape index (κ1) is 23.3. The van der Waals surface area contributed by atoms with Crippen molar-refractivity contribution in [2.45, 2.75) is 58.4 Å². The Labute approximate surface area is 208 Å². The second-order valence-electron chi connectivity index (χ2n) is 9.80. The van der Waals surface area contributed by atoms with Gasteiger partial charge in [-0.2, -0.15) is 0 Å². The quantitative estimate of drug-likeness (QED) is 0.198. The molecule has 0 aliphatic heterocycles. The van der Waals surface area contributed by atoms with E-state index in [-0.39, 0.29) is 11.9 Å². The van der Waals surface area contributed by atoms with E-state index in [1.165, 1.54) is 24.8 Å². The van der Waals surface area contributed by atoms with Crippen LogP contribution in [0, 0.1) is 11.8 Å². The lowest BCUT2D eigenvalue weighted by atomic mass is 9.80. The molecule has 1 aromatic heterocycles. The molecule has 1 saturated carbocycles. The summed E-state index contributed by atoms with van der Waals surface area (Å²) in [7, 11) is 0. The van der Waals surface area contributed by atoms with Gasteiger partial charge in [0.05, 0.1) is 17.0 Å². The molecular weight excluding hydrogens is 432 g/mol. The summed E-state index contributed by atoms with van der Waals surface area (Å²) in [6.07, 6.45) is 8.05. The minimum absolute atomic E-state index is 0.0302. The van der Waals surface area contributed by atoms with E-state index in [2.05, 4.69) is 47.9 Å². The summed E-state index contributed by atoms with van der Waals surface area (Å²) in [5.41, 5.74) is 4.32. The highest BCUT2D eigenvalue weighted by Gasteiger charge is 2.27. The average molecular weight is 467 g/mol. The third kappa shape index (κ3) is 5.48. The van der Waals surface area contributed by atoms with Crippen LogP contribution in [-0.4, -0.2) is 15.5 Å². The van der Waals surface area contributed by atoms with Crippen molar-refractivity contribution < 1.29 is 9.53 Å². The molecule has 0 saturated heterocycles. The Hall–Kier alpha value is -3.40. The molecule has 4 aromatic rings. The number of imidazole rings is 1. The summed E-state index contributed by atoms with van der Waals surface area (Å²) in [6.45, 7) is 2.99. The summed E-state index contributed by atoms with van der Waals surface area (Å²) in [6, 6.07) is 26.5. The van der Waals surface area contributed by atoms with Crippen LogP contribution in [0.1, 0.15) is 57.4 Å². The maximum atomic E-state index is 12.8. The molecular formula is C31H34N2O2. The Bertz CT molecular complexity index is 1250. The van der Waals surface area contributed by atoms with Gasteiger partial charge < -0.3 is 9.30 Å². The first-order valence-electron chi connectivity index (χ1n) is 13.0. The Kier molecular flexibility index (Phi) is 7.27. The fraction of sp³-hybridized carbons (Fsp3) is 0.355. The maximum Gasteiger partial charge on any atom is 0.314 e. The Morgan fingerprint density at radius 2 is 1.63 bits per heavy atom. The van der Waals surface area contributed by atoms with Crippen LogP contribution < -0.4 is 4.74 Å². The van der Waals surface area contributed by atoms with Gasteiger partial charge in [-0.15, -0.1) is 0 Å². The monoisotopic (exact) mass is 466 g/mol. The van der Waals surface area contributed by atoms with Gasteiger partial charge in [-0.25, -0.2) is 4.98 Å². The molecule has 1 fully saturated rings. The number of para-hydroxylation sites is 2. The zero-order chi connectivity index (χ0) is 24.0. The number of carbonyl (C=O) groups is 1. The molecule has 180 valence electrons. The van der Waals surface area contributed by atoms with Crippen molar-refractivity contribution in [3.05, 3.63) is 84.4 Å². The summed E-state index contributed by atoms with van der Waals surface area (Å²) < 4.78 is 8.03. The van der Waals surface area contributed by atoms with Crippen LogP contribution in [0.15, 0.2) is 78.9 Å². The van der Waals surface area contributed by atoms with Gasteiger partial charge in [0.15, 0.2) is 0 Å². The van der Waals surface area contributed by atoms with Crippen LogP contribution in [0.4, 0.5) is 0 Å². The first-order valence-corrected chi connectivity index (χ1v) is 13.0. The maximum absolute atomic E-state index is 12.8. The molecule has 1 heterocycles. The third-order valence-electron chi connectivity index (χ3n) is 7.32. The smallest absolute Gasteiger partial charge is 0.314 e. The van der Waals surface area contributed by atoms with E-state index < -0.39 is 0 Å². The molecule has 0 atom stereocenters. The molecule has 4 nitrogen and oxygen atoms in total. The zero-order valence-corrected chi connectivity index (χ0v) is 20.5. The molecule has 4 heteroatoms. The lowest BCUT2D eigenvalue weighted by Gasteiger charge is -2.27. The first-order chi connectivity index (χ1) is 17.2. The number of rotatable bonds is 8. The van der Waals surface area contributed by atoms with Crippen LogP contribution in [0.5, 0.6) is 5.75 Å². The number of carbonyl (C=O) groups excluding carboxylic acids is 1. The number of esters is 1.